The molecule has 33 heavy (non-hydrogen) atoms. The summed E-state index contributed by atoms with van der Waals surface area (Å²) in [5.74, 6) is -0.0998. The van der Waals surface area contributed by atoms with Gasteiger partial charge >= 0.3 is 0 Å². The van der Waals surface area contributed by atoms with Crippen molar-refractivity contribution in [3.8, 4) is 5.75 Å². The van der Waals surface area contributed by atoms with Gasteiger partial charge in [0.25, 0.3) is 5.56 Å². The molecule has 0 aliphatic carbocycles. The van der Waals surface area contributed by atoms with Gasteiger partial charge in [0.05, 0.1) is 25.6 Å². The van der Waals surface area contributed by atoms with E-state index >= 15 is 0 Å². The molecule has 0 amide bonds. The lowest BCUT2D eigenvalue weighted by molar-refractivity contribution is 0.300. The van der Waals surface area contributed by atoms with Crippen LogP contribution in [0, 0.1) is 19.7 Å². The van der Waals surface area contributed by atoms with Crippen LogP contribution < -0.4 is 14.8 Å². The maximum atomic E-state index is 13.9. The summed E-state index contributed by atoms with van der Waals surface area (Å²) < 4.78 is 21.7. The molecule has 0 bridgehead atoms. The number of benzene rings is 3. The van der Waals surface area contributed by atoms with Crippen molar-refractivity contribution in [3.63, 3.8) is 0 Å². The first-order chi connectivity index (χ1) is 15.8. The van der Waals surface area contributed by atoms with Gasteiger partial charge in [-0.2, -0.15) is 0 Å². The standard InChI is InChI=1S/C25H17Cl2FN2O2S/c1-13-7-20-21(8-14(13)2)30-24(31)22(33-25(30)29-20)11-15-9-17(26)23(18(27)10-15)32-12-16-5-3-4-6-19(16)28/h3-11H,12H2,1-2H3/b22-11-. The SMILES string of the molecule is Cc1cc2nc3s/c(=C\c4cc(Cl)c(OCc5ccccc5F)c(Cl)c4)c(=O)n3c2cc1C. The van der Waals surface area contributed by atoms with Crippen LogP contribution in [0.5, 0.6) is 5.75 Å². The van der Waals surface area contributed by atoms with E-state index in [1.54, 1.807) is 40.8 Å². The third kappa shape index (κ3) is 3.99. The Balaban J connectivity index is 1.51. The number of aromatic nitrogens is 2. The predicted octanol–water partition coefficient (Wildman–Crippen LogP) is 6.10. The first-order valence-corrected chi connectivity index (χ1v) is 11.7. The fraction of sp³-hybridized carbons (Fsp3) is 0.120. The zero-order valence-corrected chi connectivity index (χ0v) is 20.0. The number of hydrogen-bond donors (Lipinski definition) is 0. The van der Waals surface area contributed by atoms with E-state index in [0.29, 0.717) is 20.6 Å². The highest BCUT2D eigenvalue weighted by Crippen LogP contribution is 2.35. The van der Waals surface area contributed by atoms with Crippen LogP contribution >= 0.6 is 34.5 Å². The fourth-order valence-corrected chi connectivity index (χ4v) is 5.24. The Hall–Kier alpha value is -2.93. The van der Waals surface area contributed by atoms with Crippen molar-refractivity contribution in [3.05, 3.63) is 102 Å². The molecule has 166 valence electrons. The summed E-state index contributed by atoms with van der Waals surface area (Å²) in [6.45, 7) is 4.03. The quantitative estimate of drug-likeness (QED) is 0.300. The lowest BCUT2D eigenvalue weighted by Crippen LogP contribution is -2.22. The second-order valence-electron chi connectivity index (χ2n) is 7.76. The van der Waals surface area contributed by atoms with Crippen LogP contribution in [0.15, 0.2) is 53.3 Å². The number of ether oxygens (including phenoxy) is 1. The van der Waals surface area contributed by atoms with Crippen LogP contribution in [0.1, 0.15) is 22.3 Å². The largest absolute Gasteiger partial charge is 0.486 e. The van der Waals surface area contributed by atoms with Crippen molar-refractivity contribution < 1.29 is 9.13 Å². The number of halogens is 3. The van der Waals surface area contributed by atoms with Crippen molar-refractivity contribution in [2.75, 3.05) is 0 Å². The van der Waals surface area contributed by atoms with Gasteiger partial charge in [0.1, 0.15) is 12.4 Å². The van der Waals surface area contributed by atoms with Gasteiger partial charge in [-0.3, -0.25) is 4.79 Å². The maximum Gasteiger partial charge on any atom is 0.274 e. The Morgan fingerprint density at radius 3 is 2.52 bits per heavy atom. The third-order valence-electron chi connectivity index (χ3n) is 5.50. The number of imidazole rings is 1. The highest BCUT2D eigenvalue weighted by molar-refractivity contribution is 7.15. The van der Waals surface area contributed by atoms with Crippen molar-refractivity contribution >= 4 is 56.6 Å². The zero-order chi connectivity index (χ0) is 23.3. The Kier molecular flexibility index (Phi) is 5.60. The van der Waals surface area contributed by atoms with Crippen molar-refractivity contribution in [1.82, 2.24) is 9.38 Å². The van der Waals surface area contributed by atoms with Crippen LogP contribution in [-0.4, -0.2) is 9.38 Å². The monoisotopic (exact) mass is 498 g/mol. The second-order valence-corrected chi connectivity index (χ2v) is 9.59. The van der Waals surface area contributed by atoms with Gasteiger partial charge in [0, 0.05) is 5.56 Å². The van der Waals surface area contributed by atoms with E-state index in [-0.39, 0.29) is 33.8 Å². The molecule has 5 aromatic rings. The first-order valence-electron chi connectivity index (χ1n) is 10.1. The van der Waals surface area contributed by atoms with E-state index in [0.717, 1.165) is 22.2 Å². The summed E-state index contributed by atoms with van der Waals surface area (Å²) >= 11 is 14.1. The minimum Gasteiger partial charge on any atom is -0.486 e. The molecular formula is C25H17Cl2FN2O2S. The molecule has 0 saturated heterocycles. The number of hydrogen-bond acceptors (Lipinski definition) is 4. The molecule has 2 aromatic heterocycles. The minimum absolute atomic E-state index is 0.00598. The summed E-state index contributed by atoms with van der Waals surface area (Å²) in [6, 6.07) is 13.6. The summed E-state index contributed by atoms with van der Waals surface area (Å²) in [5.41, 5.74) is 4.74. The van der Waals surface area contributed by atoms with E-state index in [4.69, 9.17) is 27.9 Å². The average Bonchev–Trinajstić information content (AvgIpc) is 3.25. The van der Waals surface area contributed by atoms with Crippen molar-refractivity contribution in [1.29, 1.82) is 0 Å². The molecule has 4 nitrogen and oxygen atoms in total. The molecule has 0 fully saturated rings. The van der Waals surface area contributed by atoms with E-state index in [1.165, 1.54) is 17.4 Å². The van der Waals surface area contributed by atoms with Gasteiger partial charge in [-0.15, -0.1) is 0 Å². The van der Waals surface area contributed by atoms with Crippen molar-refractivity contribution in [2.24, 2.45) is 0 Å². The molecule has 3 aromatic carbocycles. The Bertz CT molecular complexity index is 1640. The van der Waals surface area contributed by atoms with Crippen molar-refractivity contribution in [2.45, 2.75) is 20.5 Å². The fourth-order valence-electron chi connectivity index (χ4n) is 3.64. The second kappa shape index (κ2) is 8.45. The molecule has 0 aliphatic rings. The Labute approximate surface area is 202 Å². The zero-order valence-electron chi connectivity index (χ0n) is 17.7. The Morgan fingerprint density at radius 1 is 1.09 bits per heavy atom. The molecule has 0 saturated carbocycles. The van der Waals surface area contributed by atoms with Crippen LogP contribution in [0.2, 0.25) is 10.0 Å². The summed E-state index contributed by atoms with van der Waals surface area (Å²) in [6.07, 6.45) is 1.73. The molecule has 0 aliphatic heterocycles. The minimum atomic E-state index is -0.363. The molecule has 0 N–H and O–H groups in total. The predicted molar refractivity (Wildman–Crippen MR) is 132 cm³/mol. The molecule has 8 heteroatoms. The molecule has 5 rings (SSSR count). The topological polar surface area (TPSA) is 43.6 Å². The summed E-state index contributed by atoms with van der Waals surface area (Å²) in [4.78, 5) is 18.3. The van der Waals surface area contributed by atoms with Crippen LogP contribution in [0.4, 0.5) is 4.39 Å². The van der Waals surface area contributed by atoms with Gasteiger partial charge in [-0.25, -0.2) is 13.8 Å². The molecule has 0 unspecified atom stereocenters. The van der Waals surface area contributed by atoms with Crippen LogP contribution in [0.25, 0.3) is 22.1 Å². The average molecular weight is 499 g/mol. The smallest absolute Gasteiger partial charge is 0.274 e. The number of aryl methyl sites for hydroxylation is 2. The Morgan fingerprint density at radius 2 is 1.79 bits per heavy atom. The van der Waals surface area contributed by atoms with Gasteiger partial charge in [-0.1, -0.05) is 52.7 Å². The van der Waals surface area contributed by atoms with Gasteiger partial charge in [0.2, 0.25) is 0 Å². The molecule has 2 heterocycles. The van der Waals surface area contributed by atoms with Gasteiger partial charge in [0.15, 0.2) is 10.7 Å². The normalized spacial score (nSPS) is 12.2. The number of fused-ring (bicyclic) bond motifs is 3. The number of rotatable bonds is 4. The lowest BCUT2D eigenvalue weighted by atomic mass is 10.1. The molecule has 0 atom stereocenters. The van der Waals surface area contributed by atoms with E-state index in [2.05, 4.69) is 4.98 Å². The van der Waals surface area contributed by atoms with E-state index < -0.39 is 0 Å². The molecule has 0 radical (unpaired) electrons. The van der Waals surface area contributed by atoms with Gasteiger partial charge < -0.3 is 4.74 Å². The van der Waals surface area contributed by atoms with Gasteiger partial charge in [-0.05, 0) is 66.9 Å². The molecular weight excluding hydrogens is 482 g/mol. The molecule has 0 spiro atoms. The number of nitrogens with zero attached hydrogens (tertiary/aromatic N) is 2. The summed E-state index contributed by atoms with van der Waals surface area (Å²) in [7, 11) is 0. The van der Waals surface area contributed by atoms with E-state index in [1.807, 2.05) is 26.0 Å². The first kappa shape index (κ1) is 21.9. The lowest BCUT2D eigenvalue weighted by Gasteiger charge is -2.11. The highest BCUT2D eigenvalue weighted by Gasteiger charge is 2.14. The van der Waals surface area contributed by atoms with E-state index in [9.17, 15) is 9.18 Å². The highest BCUT2D eigenvalue weighted by atomic mass is 35.5. The maximum absolute atomic E-state index is 13.9. The number of thiazole rings is 1. The van der Waals surface area contributed by atoms with Crippen LogP contribution in [0.3, 0.4) is 0 Å². The third-order valence-corrected chi connectivity index (χ3v) is 7.03. The van der Waals surface area contributed by atoms with Crippen LogP contribution in [-0.2, 0) is 6.61 Å². The summed E-state index contributed by atoms with van der Waals surface area (Å²) in [5, 5.41) is 0.547.